The van der Waals surface area contributed by atoms with Crippen molar-refractivity contribution in [2.45, 2.75) is 54.7 Å². The largest absolute Gasteiger partial charge is 0.497 e. The van der Waals surface area contributed by atoms with Crippen LogP contribution < -0.4 is 9.46 Å². The highest BCUT2D eigenvalue weighted by Crippen LogP contribution is 2.37. The van der Waals surface area contributed by atoms with Crippen LogP contribution in [0.25, 0.3) is 0 Å². The number of methoxy groups -OCH3 is 1. The number of nitrogens with one attached hydrogen (secondary N) is 1. The van der Waals surface area contributed by atoms with Gasteiger partial charge in [-0.15, -0.1) is 0 Å². The summed E-state index contributed by atoms with van der Waals surface area (Å²) in [5, 5.41) is 0. The Morgan fingerprint density at radius 3 is 2.56 bits per heavy atom. The summed E-state index contributed by atoms with van der Waals surface area (Å²) in [5.74, 6) is 0.605. The number of ether oxygens (including phenoxy) is 4. The van der Waals surface area contributed by atoms with Crippen molar-refractivity contribution in [3.8, 4) is 5.75 Å². The van der Waals surface area contributed by atoms with Gasteiger partial charge in [-0.3, -0.25) is 4.98 Å². The van der Waals surface area contributed by atoms with E-state index < -0.39 is 46.6 Å². The van der Waals surface area contributed by atoms with Crippen LogP contribution in [0.5, 0.6) is 5.75 Å². The summed E-state index contributed by atoms with van der Waals surface area (Å²) in [6.45, 7) is -0.577. The molecule has 0 radical (unpaired) electrons. The minimum Gasteiger partial charge on any atom is -0.497 e. The first-order valence-electron chi connectivity index (χ1n) is 12.3. The molecular weight excluding hydrogens is 543 g/mol. The van der Waals surface area contributed by atoms with Crippen molar-refractivity contribution in [1.29, 1.82) is 0 Å². The molecule has 1 aromatic heterocycles. The van der Waals surface area contributed by atoms with Gasteiger partial charge in [0.15, 0.2) is 0 Å². The van der Waals surface area contributed by atoms with E-state index in [9.17, 15) is 26.4 Å². The van der Waals surface area contributed by atoms with Gasteiger partial charge in [0.25, 0.3) is 0 Å². The van der Waals surface area contributed by atoms with E-state index in [4.69, 9.17) is 18.9 Å². The summed E-state index contributed by atoms with van der Waals surface area (Å²) in [6.07, 6.45) is -4.57. The van der Waals surface area contributed by atoms with E-state index in [1.807, 2.05) is 0 Å². The Morgan fingerprint density at radius 2 is 1.95 bits per heavy atom. The lowest BCUT2D eigenvalue weighted by atomic mass is 9.88. The summed E-state index contributed by atoms with van der Waals surface area (Å²) in [7, 11) is -2.28. The Labute approximate surface area is 224 Å². The monoisotopic (exact) mass is 573 g/mol. The van der Waals surface area contributed by atoms with Crippen LogP contribution in [0.3, 0.4) is 0 Å². The van der Waals surface area contributed by atoms with Crippen LogP contribution in [0.2, 0.25) is 0 Å². The van der Waals surface area contributed by atoms with Gasteiger partial charge in [0.05, 0.1) is 32.5 Å². The highest BCUT2D eigenvalue weighted by atomic mass is 32.2. The predicted molar refractivity (Wildman–Crippen MR) is 131 cm³/mol. The number of hydrogen-bond acceptors (Lipinski definition) is 8. The molecule has 214 valence electrons. The van der Waals surface area contributed by atoms with Gasteiger partial charge in [-0.05, 0) is 49.1 Å². The lowest BCUT2D eigenvalue weighted by Crippen LogP contribution is -2.49. The van der Waals surface area contributed by atoms with Crippen molar-refractivity contribution in [1.82, 2.24) is 14.6 Å². The Balaban J connectivity index is 1.25. The standard InChI is InChI=1S/C25H30F3N3O7S/c1-35-20-6-4-18(5-7-20)15-36-17-22(25(26,27)28)38-23(32)31-11-8-24(9-12-31)13-19(16-37-24)30-39(33,34)21-3-2-10-29-14-21/h2-7,10,14,19,22,30H,8-9,11-13,15-17H2,1H3. The SMILES string of the molecule is COc1ccc(COCC(OC(=O)N2CCC3(CC2)CC(NS(=O)(=O)c2cccnc2)CO3)C(F)(F)F)cc1. The number of halogens is 3. The molecule has 1 aromatic carbocycles. The van der Waals surface area contributed by atoms with Crippen molar-refractivity contribution >= 4 is 16.1 Å². The summed E-state index contributed by atoms with van der Waals surface area (Å²) >= 11 is 0. The number of carbonyl (C=O) groups excluding carboxylic acids is 1. The number of aromatic nitrogens is 1. The topological polar surface area (TPSA) is 116 Å². The summed E-state index contributed by atoms with van der Waals surface area (Å²) in [6, 6.07) is 9.12. The van der Waals surface area contributed by atoms with Crippen LogP contribution >= 0.6 is 0 Å². The van der Waals surface area contributed by atoms with Crippen molar-refractivity contribution in [3.05, 3.63) is 54.4 Å². The Bertz CT molecular complexity index is 1210. The molecule has 2 aliphatic heterocycles. The van der Waals surface area contributed by atoms with Crippen LogP contribution in [0.4, 0.5) is 18.0 Å². The summed E-state index contributed by atoms with van der Waals surface area (Å²) in [4.78, 5) is 17.6. The maximum atomic E-state index is 13.5. The number of benzene rings is 1. The molecule has 0 aliphatic carbocycles. The Hall–Kier alpha value is -2.94. The average Bonchev–Trinajstić information content (AvgIpc) is 3.29. The van der Waals surface area contributed by atoms with Gasteiger partial charge in [0, 0.05) is 31.5 Å². The number of carbonyl (C=O) groups is 1. The van der Waals surface area contributed by atoms with E-state index in [-0.39, 0.29) is 31.2 Å². The van der Waals surface area contributed by atoms with Gasteiger partial charge >= 0.3 is 12.3 Å². The van der Waals surface area contributed by atoms with Gasteiger partial charge in [0.2, 0.25) is 16.1 Å². The number of pyridine rings is 1. The van der Waals surface area contributed by atoms with Crippen molar-refractivity contribution < 1.29 is 45.3 Å². The second-order valence-corrected chi connectivity index (χ2v) is 11.2. The van der Waals surface area contributed by atoms with Gasteiger partial charge in [0.1, 0.15) is 10.6 Å². The Kier molecular flexibility index (Phi) is 8.99. The zero-order valence-electron chi connectivity index (χ0n) is 21.2. The minimum absolute atomic E-state index is 0.0377. The number of nitrogens with zero attached hydrogens (tertiary/aromatic N) is 2. The number of sulfonamides is 1. The van der Waals surface area contributed by atoms with Gasteiger partial charge in [-0.1, -0.05) is 12.1 Å². The second-order valence-electron chi connectivity index (χ2n) is 9.47. The van der Waals surface area contributed by atoms with Crippen LogP contribution in [-0.2, 0) is 30.8 Å². The van der Waals surface area contributed by atoms with E-state index >= 15 is 0 Å². The van der Waals surface area contributed by atoms with Crippen molar-refractivity contribution in [3.63, 3.8) is 0 Å². The molecule has 1 amide bonds. The molecule has 39 heavy (non-hydrogen) atoms. The Morgan fingerprint density at radius 1 is 1.23 bits per heavy atom. The van der Waals surface area contributed by atoms with Crippen molar-refractivity contribution in [2.24, 2.45) is 0 Å². The third kappa shape index (κ3) is 7.59. The average molecular weight is 574 g/mol. The molecule has 10 nitrogen and oxygen atoms in total. The fourth-order valence-electron chi connectivity index (χ4n) is 4.56. The zero-order valence-corrected chi connectivity index (χ0v) is 22.0. The number of rotatable bonds is 9. The highest BCUT2D eigenvalue weighted by Gasteiger charge is 2.47. The van der Waals surface area contributed by atoms with Crippen LogP contribution in [0.15, 0.2) is 53.7 Å². The number of likely N-dealkylation sites (tertiary alicyclic amines) is 1. The van der Waals surface area contributed by atoms with Crippen LogP contribution in [0.1, 0.15) is 24.8 Å². The van der Waals surface area contributed by atoms with Gasteiger partial charge < -0.3 is 23.8 Å². The quantitative estimate of drug-likeness (QED) is 0.486. The minimum atomic E-state index is -4.81. The lowest BCUT2D eigenvalue weighted by molar-refractivity contribution is -0.220. The molecule has 2 fully saturated rings. The molecule has 4 rings (SSSR count). The fraction of sp³-hybridized carbons (Fsp3) is 0.520. The molecule has 0 saturated carbocycles. The number of hydrogen-bond donors (Lipinski definition) is 1. The van der Waals surface area contributed by atoms with Gasteiger partial charge in [-0.2, -0.15) is 13.2 Å². The predicted octanol–water partition coefficient (Wildman–Crippen LogP) is 3.28. The number of amides is 1. The first-order chi connectivity index (χ1) is 18.5. The molecule has 2 unspecified atom stereocenters. The molecule has 1 spiro atoms. The molecule has 0 bridgehead atoms. The fourth-order valence-corrected chi connectivity index (χ4v) is 5.74. The lowest BCUT2D eigenvalue weighted by Gasteiger charge is -2.38. The zero-order chi connectivity index (χ0) is 28.1. The third-order valence-electron chi connectivity index (χ3n) is 6.71. The first-order valence-corrected chi connectivity index (χ1v) is 13.8. The molecule has 14 heteroatoms. The highest BCUT2D eigenvalue weighted by molar-refractivity contribution is 7.89. The number of alkyl halides is 3. The summed E-state index contributed by atoms with van der Waals surface area (Å²) < 4.78 is 89.4. The number of piperidine rings is 1. The van der Waals surface area contributed by atoms with E-state index in [2.05, 4.69) is 9.71 Å². The van der Waals surface area contributed by atoms with Crippen molar-refractivity contribution in [2.75, 3.05) is 33.4 Å². The molecule has 2 atom stereocenters. The normalized spacial score (nSPS) is 20.1. The van der Waals surface area contributed by atoms with E-state index in [0.717, 1.165) is 0 Å². The van der Waals surface area contributed by atoms with E-state index in [1.165, 1.54) is 36.5 Å². The van der Waals surface area contributed by atoms with Crippen LogP contribution in [-0.4, -0.2) is 81.7 Å². The molecule has 3 heterocycles. The third-order valence-corrected chi connectivity index (χ3v) is 8.22. The first kappa shape index (κ1) is 29.1. The molecule has 2 aliphatic rings. The van der Waals surface area contributed by atoms with Gasteiger partial charge in [-0.25, -0.2) is 17.9 Å². The van der Waals surface area contributed by atoms with E-state index in [0.29, 0.717) is 30.6 Å². The second kappa shape index (κ2) is 12.1. The smallest absolute Gasteiger partial charge is 0.427 e. The maximum Gasteiger partial charge on any atom is 0.427 e. The molecule has 2 saturated heterocycles. The van der Waals surface area contributed by atoms with Crippen LogP contribution in [0, 0.1) is 0 Å². The molecule has 2 aromatic rings. The van der Waals surface area contributed by atoms with E-state index in [1.54, 1.807) is 24.3 Å². The molecule has 1 N–H and O–H groups in total. The maximum absolute atomic E-state index is 13.5. The summed E-state index contributed by atoms with van der Waals surface area (Å²) in [5.41, 5.74) is -0.0361. The molecular formula is C25H30F3N3O7S.